The number of hydrogen-bond donors (Lipinski definition) is 2. The number of nitrogens with one attached hydrogen (secondary N) is 1. The highest BCUT2D eigenvalue weighted by atomic mass is 19.1. The zero-order valence-corrected chi connectivity index (χ0v) is 10.0. The summed E-state index contributed by atoms with van der Waals surface area (Å²) in [6.07, 6.45) is 0.525. The zero-order valence-electron chi connectivity index (χ0n) is 10.0. The van der Waals surface area contributed by atoms with E-state index in [1.807, 2.05) is 0 Å². The standard InChI is InChI=1S/C14H14FNO2/c1-9(17)16-5-4-11-7-12(15)6-10-2-3-13(18)8-14(10)11/h2-3,6-8,18H,4-5H2,1H3,(H,16,17). The number of phenols is 1. The van der Waals surface area contributed by atoms with Gasteiger partial charge < -0.3 is 10.4 Å². The van der Waals surface area contributed by atoms with Crippen LogP contribution in [0.3, 0.4) is 0 Å². The highest BCUT2D eigenvalue weighted by Gasteiger charge is 2.05. The molecule has 0 saturated heterocycles. The minimum atomic E-state index is -0.314. The van der Waals surface area contributed by atoms with Crippen molar-refractivity contribution in [2.45, 2.75) is 13.3 Å². The van der Waals surface area contributed by atoms with Crippen LogP contribution in [0.4, 0.5) is 4.39 Å². The Morgan fingerprint density at radius 1 is 1.33 bits per heavy atom. The minimum Gasteiger partial charge on any atom is -0.508 e. The van der Waals surface area contributed by atoms with Gasteiger partial charge in [0, 0.05) is 13.5 Å². The van der Waals surface area contributed by atoms with Crippen molar-refractivity contribution in [2.75, 3.05) is 6.54 Å². The van der Waals surface area contributed by atoms with Crippen LogP contribution >= 0.6 is 0 Å². The summed E-state index contributed by atoms with van der Waals surface area (Å²) < 4.78 is 13.4. The number of benzene rings is 2. The second-order valence-corrected chi connectivity index (χ2v) is 4.20. The first-order valence-corrected chi connectivity index (χ1v) is 5.72. The SMILES string of the molecule is CC(=O)NCCc1cc(F)cc2ccc(O)cc12. The van der Waals surface area contributed by atoms with Gasteiger partial charge in [-0.2, -0.15) is 0 Å². The first-order valence-electron chi connectivity index (χ1n) is 5.72. The van der Waals surface area contributed by atoms with Crippen molar-refractivity contribution in [1.82, 2.24) is 5.32 Å². The van der Waals surface area contributed by atoms with Crippen molar-refractivity contribution in [1.29, 1.82) is 0 Å². The summed E-state index contributed by atoms with van der Waals surface area (Å²) in [7, 11) is 0. The molecule has 0 aliphatic heterocycles. The van der Waals surface area contributed by atoms with E-state index in [9.17, 15) is 14.3 Å². The first kappa shape index (κ1) is 12.4. The summed E-state index contributed by atoms with van der Waals surface area (Å²) in [5, 5.41) is 13.7. The summed E-state index contributed by atoms with van der Waals surface area (Å²) in [5.41, 5.74) is 0.773. The highest BCUT2D eigenvalue weighted by Crippen LogP contribution is 2.25. The summed E-state index contributed by atoms with van der Waals surface area (Å²) in [6, 6.07) is 7.67. The number of carbonyl (C=O) groups is 1. The van der Waals surface area contributed by atoms with E-state index in [1.54, 1.807) is 12.1 Å². The van der Waals surface area contributed by atoms with E-state index in [4.69, 9.17) is 0 Å². The van der Waals surface area contributed by atoms with Gasteiger partial charge in [-0.05, 0) is 47.0 Å². The molecule has 2 N–H and O–H groups in total. The van der Waals surface area contributed by atoms with Gasteiger partial charge in [0.15, 0.2) is 0 Å². The molecule has 2 aromatic rings. The van der Waals surface area contributed by atoms with Gasteiger partial charge in [-0.3, -0.25) is 4.79 Å². The van der Waals surface area contributed by atoms with Crippen LogP contribution < -0.4 is 5.32 Å². The van der Waals surface area contributed by atoms with Crippen LogP contribution in [0.25, 0.3) is 10.8 Å². The topological polar surface area (TPSA) is 49.3 Å². The maximum Gasteiger partial charge on any atom is 0.216 e. The fourth-order valence-corrected chi connectivity index (χ4v) is 1.96. The lowest BCUT2D eigenvalue weighted by atomic mass is 10.0. The van der Waals surface area contributed by atoms with E-state index in [-0.39, 0.29) is 17.5 Å². The third-order valence-electron chi connectivity index (χ3n) is 2.76. The van der Waals surface area contributed by atoms with Gasteiger partial charge in [0.2, 0.25) is 5.91 Å². The molecule has 0 aromatic heterocycles. The third kappa shape index (κ3) is 2.77. The molecule has 0 unspecified atom stereocenters. The van der Waals surface area contributed by atoms with E-state index in [2.05, 4.69) is 5.32 Å². The van der Waals surface area contributed by atoms with Gasteiger partial charge in [0.25, 0.3) is 0 Å². The Morgan fingerprint density at radius 3 is 2.83 bits per heavy atom. The number of hydrogen-bond acceptors (Lipinski definition) is 2. The summed E-state index contributed by atoms with van der Waals surface area (Å²) in [4.78, 5) is 10.8. The molecule has 0 atom stereocenters. The maximum atomic E-state index is 13.4. The molecule has 18 heavy (non-hydrogen) atoms. The lowest BCUT2D eigenvalue weighted by molar-refractivity contribution is -0.118. The highest BCUT2D eigenvalue weighted by molar-refractivity contribution is 5.87. The van der Waals surface area contributed by atoms with Gasteiger partial charge in [-0.15, -0.1) is 0 Å². The lowest BCUT2D eigenvalue weighted by Crippen LogP contribution is -2.22. The lowest BCUT2D eigenvalue weighted by Gasteiger charge is -2.08. The summed E-state index contributed by atoms with van der Waals surface area (Å²) in [5.74, 6) is -0.278. The molecule has 2 rings (SSSR count). The monoisotopic (exact) mass is 247 g/mol. The molecule has 0 radical (unpaired) electrons. The minimum absolute atomic E-state index is 0.112. The van der Waals surface area contributed by atoms with E-state index in [1.165, 1.54) is 25.1 Å². The molecule has 0 spiro atoms. The summed E-state index contributed by atoms with van der Waals surface area (Å²) in [6.45, 7) is 1.89. The molecule has 1 amide bonds. The Kier molecular flexibility index (Phi) is 3.46. The van der Waals surface area contributed by atoms with Crippen LogP contribution in [-0.4, -0.2) is 17.6 Å². The number of rotatable bonds is 3. The van der Waals surface area contributed by atoms with Crippen LogP contribution in [0.2, 0.25) is 0 Å². The van der Waals surface area contributed by atoms with E-state index < -0.39 is 0 Å². The Morgan fingerprint density at radius 2 is 2.11 bits per heavy atom. The molecule has 4 heteroatoms. The average Bonchev–Trinajstić information content (AvgIpc) is 2.29. The maximum absolute atomic E-state index is 13.4. The smallest absolute Gasteiger partial charge is 0.216 e. The molecule has 3 nitrogen and oxygen atoms in total. The molecule has 0 bridgehead atoms. The Bertz CT molecular complexity index is 596. The fourth-order valence-electron chi connectivity index (χ4n) is 1.96. The first-order chi connectivity index (χ1) is 8.56. The molecule has 0 saturated carbocycles. The number of phenolic OH excluding ortho intramolecular Hbond substituents is 1. The van der Waals surface area contributed by atoms with Crippen molar-refractivity contribution in [3.8, 4) is 5.75 Å². The number of amides is 1. The van der Waals surface area contributed by atoms with Crippen molar-refractivity contribution in [2.24, 2.45) is 0 Å². The predicted octanol–water partition coefficient (Wildman–Crippen LogP) is 2.36. The van der Waals surface area contributed by atoms with Crippen molar-refractivity contribution in [3.63, 3.8) is 0 Å². The quantitative estimate of drug-likeness (QED) is 0.874. The number of halogens is 1. The second-order valence-electron chi connectivity index (χ2n) is 4.20. The van der Waals surface area contributed by atoms with Crippen LogP contribution in [-0.2, 0) is 11.2 Å². The Labute approximate surface area is 104 Å². The largest absolute Gasteiger partial charge is 0.508 e. The van der Waals surface area contributed by atoms with Crippen LogP contribution in [0.15, 0.2) is 30.3 Å². The zero-order chi connectivity index (χ0) is 13.1. The van der Waals surface area contributed by atoms with Gasteiger partial charge in [0.05, 0.1) is 0 Å². The molecule has 0 fully saturated rings. The van der Waals surface area contributed by atoms with Crippen molar-refractivity contribution in [3.05, 3.63) is 41.7 Å². The van der Waals surface area contributed by atoms with Gasteiger partial charge in [-0.1, -0.05) is 6.07 Å². The van der Waals surface area contributed by atoms with Crippen LogP contribution in [0.1, 0.15) is 12.5 Å². The molecule has 0 aliphatic rings. The van der Waals surface area contributed by atoms with Crippen LogP contribution in [0, 0.1) is 5.82 Å². The van der Waals surface area contributed by atoms with Crippen molar-refractivity contribution >= 4 is 16.7 Å². The molecular formula is C14H14FNO2. The third-order valence-corrected chi connectivity index (χ3v) is 2.76. The fraction of sp³-hybridized carbons (Fsp3) is 0.214. The van der Waals surface area contributed by atoms with E-state index in [0.29, 0.717) is 13.0 Å². The number of carbonyl (C=O) groups excluding carboxylic acids is 1. The van der Waals surface area contributed by atoms with Gasteiger partial charge in [-0.25, -0.2) is 4.39 Å². The van der Waals surface area contributed by atoms with Gasteiger partial charge in [0.1, 0.15) is 11.6 Å². The average molecular weight is 247 g/mol. The van der Waals surface area contributed by atoms with Gasteiger partial charge >= 0.3 is 0 Å². The predicted molar refractivity (Wildman–Crippen MR) is 68.0 cm³/mol. The van der Waals surface area contributed by atoms with E-state index in [0.717, 1.165) is 16.3 Å². The molecule has 0 aliphatic carbocycles. The van der Waals surface area contributed by atoms with E-state index >= 15 is 0 Å². The molecule has 2 aromatic carbocycles. The summed E-state index contributed by atoms with van der Waals surface area (Å²) >= 11 is 0. The second kappa shape index (κ2) is 5.04. The molecular weight excluding hydrogens is 233 g/mol. The Hall–Kier alpha value is -2.10. The number of fused-ring (bicyclic) bond motifs is 1. The number of aromatic hydroxyl groups is 1. The molecule has 0 heterocycles. The van der Waals surface area contributed by atoms with Crippen LogP contribution in [0.5, 0.6) is 5.75 Å². The normalized spacial score (nSPS) is 10.6. The van der Waals surface area contributed by atoms with Crippen molar-refractivity contribution < 1.29 is 14.3 Å². The molecule has 94 valence electrons. The Balaban J connectivity index is 2.35.